The first kappa shape index (κ1) is 9.69. The lowest BCUT2D eigenvalue weighted by atomic mass is 10.1. The number of aliphatic hydroxyl groups excluding tert-OH is 2. The average Bonchev–Trinajstić information content (AvgIpc) is 2.49. The summed E-state index contributed by atoms with van der Waals surface area (Å²) in [6.07, 6.45) is -1.39. The van der Waals surface area contributed by atoms with Crippen LogP contribution in [-0.4, -0.2) is 32.0 Å². The number of aromatic nitrogens is 2. The molecule has 0 fully saturated rings. The maximum Gasteiger partial charge on any atom is 0.249 e. The number of hydrogen-bond acceptors (Lipinski definition) is 4. The van der Waals surface area contributed by atoms with Crippen molar-refractivity contribution in [3.63, 3.8) is 0 Å². The number of rotatable bonds is 3. The Morgan fingerprint density at radius 3 is 2.69 bits per heavy atom. The van der Waals surface area contributed by atoms with E-state index < -0.39 is 18.1 Å². The average molecular weight is 185 g/mol. The van der Waals surface area contributed by atoms with Crippen molar-refractivity contribution in [1.82, 2.24) is 9.78 Å². The van der Waals surface area contributed by atoms with Crippen molar-refractivity contribution < 1.29 is 15.0 Å². The second-order valence-electron chi connectivity index (χ2n) is 2.71. The van der Waals surface area contributed by atoms with Gasteiger partial charge in [0.05, 0.1) is 5.69 Å². The maximum atomic E-state index is 10.5. The first-order valence-corrected chi connectivity index (χ1v) is 3.67. The van der Waals surface area contributed by atoms with Gasteiger partial charge in [-0.25, -0.2) is 0 Å². The Bertz CT molecular complexity index is 310. The highest BCUT2D eigenvalue weighted by Gasteiger charge is 2.24. The van der Waals surface area contributed by atoms with Gasteiger partial charge in [0.25, 0.3) is 0 Å². The van der Waals surface area contributed by atoms with Gasteiger partial charge in [-0.3, -0.25) is 9.48 Å². The quantitative estimate of drug-likeness (QED) is 0.522. The molecule has 1 aromatic heterocycles. The number of nitrogens with two attached hydrogens (primary N) is 1. The fourth-order valence-corrected chi connectivity index (χ4v) is 0.908. The van der Waals surface area contributed by atoms with Crippen molar-refractivity contribution in [3.8, 4) is 0 Å². The van der Waals surface area contributed by atoms with Crippen LogP contribution in [0.1, 0.15) is 11.8 Å². The molecular formula is C7H11N3O3. The molecule has 2 unspecified atom stereocenters. The Labute approximate surface area is 74.6 Å². The van der Waals surface area contributed by atoms with Gasteiger partial charge in [-0.2, -0.15) is 5.10 Å². The first-order valence-electron chi connectivity index (χ1n) is 3.67. The van der Waals surface area contributed by atoms with Crippen LogP contribution in [-0.2, 0) is 11.8 Å². The van der Waals surface area contributed by atoms with Gasteiger partial charge in [0.1, 0.15) is 6.10 Å². The lowest BCUT2D eigenvalue weighted by Crippen LogP contribution is -2.34. The van der Waals surface area contributed by atoms with Crippen LogP contribution in [0.15, 0.2) is 12.3 Å². The molecule has 1 aromatic rings. The molecular weight excluding hydrogens is 174 g/mol. The zero-order valence-electron chi connectivity index (χ0n) is 7.08. The second kappa shape index (κ2) is 3.55. The van der Waals surface area contributed by atoms with Crippen LogP contribution in [0.3, 0.4) is 0 Å². The Balaban J connectivity index is 2.78. The van der Waals surface area contributed by atoms with Crippen LogP contribution in [0.25, 0.3) is 0 Å². The Hall–Kier alpha value is -1.40. The van der Waals surface area contributed by atoms with Crippen LogP contribution >= 0.6 is 0 Å². The minimum Gasteiger partial charge on any atom is -0.383 e. The second-order valence-corrected chi connectivity index (χ2v) is 2.71. The smallest absolute Gasteiger partial charge is 0.249 e. The van der Waals surface area contributed by atoms with Crippen molar-refractivity contribution in [2.24, 2.45) is 12.8 Å². The molecule has 2 atom stereocenters. The predicted molar refractivity (Wildman–Crippen MR) is 43.4 cm³/mol. The van der Waals surface area contributed by atoms with E-state index in [0.29, 0.717) is 0 Å². The number of aryl methyl sites for hydroxylation is 1. The molecule has 0 aliphatic heterocycles. The molecule has 0 saturated heterocycles. The Morgan fingerprint density at radius 1 is 1.69 bits per heavy atom. The summed E-state index contributed by atoms with van der Waals surface area (Å²) in [6.45, 7) is 0. The van der Waals surface area contributed by atoms with Crippen molar-refractivity contribution in [2.45, 2.75) is 12.2 Å². The van der Waals surface area contributed by atoms with E-state index >= 15 is 0 Å². The molecule has 4 N–H and O–H groups in total. The van der Waals surface area contributed by atoms with Gasteiger partial charge >= 0.3 is 0 Å². The van der Waals surface area contributed by atoms with E-state index in [9.17, 15) is 9.90 Å². The highest BCUT2D eigenvalue weighted by atomic mass is 16.3. The minimum atomic E-state index is -1.62. The van der Waals surface area contributed by atoms with Gasteiger partial charge in [-0.1, -0.05) is 0 Å². The highest BCUT2D eigenvalue weighted by Crippen LogP contribution is 2.13. The first-order chi connectivity index (χ1) is 6.02. The monoisotopic (exact) mass is 185 g/mol. The summed E-state index contributed by atoms with van der Waals surface area (Å²) < 4.78 is 1.45. The van der Waals surface area contributed by atoms with Crippen LogP contribution in [0, 0.1) is 0 Å². The van der Waals surface area contributed by atoms with Gasteiger partial charge in [0.15, 0.2) is 6.10 Å². The molecule has 6 heteroatoms. The van der Waals surface area contributed by atoms with Gasteiger partial charge in [-0.15, -0.1) is 0 Å². The van der Waals surface area contributed by atoms with E-state index in [2.05, 4.69) is 5.10 Å². The molecule has 0 aliphatic rings. The normalized spacial score (nSPS) is 15.3. The molecule has 1 heterocycles. The molecule has 1 rings (SSSR count). The third kappa shape index (κ3) is 2.04. The summed E-state index contributed by atoms with van der Waals surface area (Å²) in [5.74, 6) is -0.974. The van der Waals surface area contributed by atoms with Gasteiger partial charge < -0.3 is 15.9 Å². The number of aliphatic hydroxyl groups is 2. The molecule has 0 bridgehead atoms. The molecule has 0 radical (unpaired) electrons. The molecule has 1 amide bonds. The fraction of sp³-hybridized carbons (Fsp3) is 0.429. The largest absolute Gasteiger partial charge is 0.383 e. The summed E-state index contributed by atoms with van der Waals surface area (Å²) in [6, 6.07) is 1.50. The third-order valence-electron chi connectivity index (χ3n) is 1.63. The van der Waals surface area contributed by atoms with Crippen LogP contribution in [0.4, 0.5) is 0 Å². The fourth-order valence-electron chi connectivity index (χ4n) is 0.908. The van der Waals surface area contributed by atoms with Crippen molar-refractivity contribution in [3.05, 3.63) is 18.0 Å². The van der Waals surface area contributed by atoms with Crippen LogP contribution < -0.4 is 5.73 Å². The molecule has 0 aromatic carbocycles. The van der Waals surface area contributed by atoms with Gasteiger partial charge in [-0.05, 0) is 6.07 Å². The molecule has 0 saturated carbocycles. The predicted octanol–water partition coefficient (Wildman–Crippen LogP) is -1.70. The molecule has 0 aliphatic carbocycles. The zero-order valence-corrected chi connectivity index (χ0v) is 7.08. The minimum absolute atomic E-state index is 0.216. The summed E-state index contributed by atoms with van der Waals surface area (Å²) in [4.78, 5) is 10.5. The summed E-state index contributed by atoms with van der Waals surface area (Å²) in [7, 11) is 1.66. The summed E-state index contributed by atoms with van der Waals surface area (Å²) >= 11 is 0. The van der Waals surface area contributed by atoms with E-state index in [1.807, 2.05) is 0 Å². The van der Waals surface area contributed by atoms with Crippen LogP contribution in [0.2, 0.25) is 0 Å². The molecule has 6 nitrogen and oxygen atoms in total. The molecule has 0 spiro atoms. The lowest BCUT2D eigenvalue weighted by molar-refractivity contribution is -0.132. The van der Waals surface area contributed by atoms with Crippen LogP contribution in [0.5, 0.6) is 0 Å². The van der Waals surface area contributed by atoms with Crippen molar-refractivity contribution in [1.29, 1.82) is 0 Å². The zero-order chi connectivity index (χ0) is 10.0. The third-order valence-corrected chi connectivity index (χ3v) is 1.63. The number of carbonyl (C=O) groups excluding carboxylic acids is 1. The number of nitrogens with zero attached hydrogens (tertiary/aromatic N) is 2. The van der Waals surface area contributed by atoms with E-state index in [4.69, 9.17) is 10.8 Å². The summed E-state index contributed by atoms with van der Waals surface area (Å²) in [5, 5.41) is 22.2. The van der Waals surface area contributed by atoms with E-state index in [0.717, 1.165) is 0 Å². The van der Waals surface area contributed by atoms with E-state index in [1.165, 1.54) is 10.7 Å². The van der Waals surface area contributed by atoms with E-state index in [1.54, 1.807) is 13.2 Å². The Morgan fingerprint density at radius 2 is 2.31 bits per heavy atom. The lowest BCUT2D eigenvalue weighted by Gasteiger charge is -2.11. The highest BCUT2D eigenvalue weighted by molar-refractivity contribution is 5.79. The molecule has 13 heavy (non-hydrogen) atoms. The number of amides is 1. The van der Waals surface area contributed by atoms with Crippen molar-refractivity contribution >= 4 is 5.91 Å². The number of hydrogen-bond donors (Lipinski definition) is 3. The van der Waals surface area contributed by atoms with Crippen molar-refractivity contribution in [2.75, 3.05) is 0 Å². The number of carbonyl (C=O) groups is 1. The van der Waals surface area contributed by atoms with Gasteiger partial charge in [0.2, 0.25) is 5.91 Å². The van der Waals surface area contributed by atoms with E-state index in [-0.39, 0.29) is 5.69 Å². The standard InChI is InChI=1S/C7H11N3O3/c1-10-3-2-4(9-10)5(11)6(12)7(8)13/h2-3,5-6,11-12H,1H3,(H2,8,13). The summed E-state index contributed by atoms with van der Waals surface area (Å²) in [5.41, 5.74) is 5.01. The number of primary amides is 1. The van der Waals surface area contributed by atoms with Gasteiger partial charge in [0, 0.05) is 13.2 Å². The Kier molecular flexibility index (Phi) is 2.64. The topological polar surface area (TPSA) is 101 Å². The molecule has 72 valence electrons. The maximum absolute atomic E-state index is 10.5. The SMILES string of the molecule is Cn1ccc(C(O)C(O)C(N)=O)n1.